The number of carbonyl (C=O) groups is 2. The topological polar surface area (TPSA) is 139 Å². The van der Waals surface area contributed by atoms with Gasteiger partial charge in [0.1, 0.15) is 11.5 Å². The minimum absolute atomic E-state index is 0.137. The van der Waals surface area contributed by atoms with Crippen molar-refractivity contribution in [2.45, 2.75) is 0 Å². The molecule has 0 saturated heterocycles. The highest BCUT2D eigenvalue weighted by atomic mass is 16.6. The number of nitro benzene ring substituents is 1. The van der Waals surface area contributed by atoms with Crippen molar-refractivity contribution in [3.63, 3.8) is 0 Å². The molecule has 0 heterocycles. The molecule has 0 fully saturated rings. The Bertz CT molecular complexity index is 1220. The first kappa shape index (κ1) is 24.7. The van der Waals surface area contributed by atoms with Crippen LogP contribution in [0.2, 0.25) is 0 Å². The molecule has 0 aromatic heterocycles. The van der Waals surface area contributed by atoms with Crippen LogP contribution in [0, 0.1) is 10.1 Å². The number of nitrogens with one attached hydrogen (secondary N) is 1. The van der Waals surface area contributed by atoms with Crippen LogP contribution in [0.1, 0.15) is 15.9 Å². The van der Waals surface area contributed by atoms with Gasteiger partial charge in [-0.25, -0.2) is 10.2 Å². The smallest absolute Gasteiger partial charge is 0.343 e. The van der Waals surface area contributed by atoms with Gasteiger partial charge in [0.2, 0.25) is 0 Å². The Labute approximate surface area is 200 Å². The third-order valence-corrected chi connectivity index (χ3v) is 4.54. The van der Waals surface area contributed by atoms with Gasteiger partial charge in [0.25, 0.3) is 11.6 Å². The lowest BCUT2D eigenvalue weighted by atomic mass is 10.2. The molecule has 0 radical (unpaired) electrons. The Morgan fingerprint density at radius 3 is 2.26 bits per heavy atom. The standard InChI is InChI=1S/C24H21N3O8/c1-32-19-8-10-20(11-9-19)34-15-23(28)26-25-14-16-3-12-21(22(13-16)33-2)35-24(29)17-4-6-18(7-5-17)27(30)31/h3-14H,15H2,1-2H3,(H,26,28)/b25-14-. The molecule has 0 saturated carbocycles. The van der Waals surface area contributed by atoms with E-state index in [-0.39, 0.29) is 29.4 Å². The molecule has 3 rings (SSSR count). The normalized spacial score (nSPS) is 10.5. The van der Waals surface area contributed by atoms with Gasteiger partial charge in [-0.05, 0) is 60.2 Å². The minimum Gasteiger partial charge on any atom is -0.497 e. The van der Waals surface area contributed by atoms with Crippen LogP contribution in [0.5, 0.6) is 23.0 Å². The zero-order valence-corrected chi connectivity index (χ0v) is 18.8. The van der Waals surface area contributed by atoms with E-state index in [9.17, 15) is 19.7 Å². The molecule has 0 unspecified atom stereocenters. The molecule has 35 heavy (non-hydrogen) atoms. The van der Waals surface area contributed by atoms with Crippen LogP contribution in [0.25, 0.3) is 0 Å². The maximum absolute atomic E-state index is 12.4. The van der Waals surface area contributed by atoms with Crippen molar-refractivity contribution in [2.75, 3.05) is 20.8 Å². The second-order valence-electron chi connectivity index (χ2n) is 6.86. The van der Waals surface area contributed by atoms with E-state index in [1.807, 2.05) is 0 Å². The summed E-state index contributed by atoms with van der Waals surface area (Å²) in [6, 6.07) is 16.5. The van der Waals surface area contributed by atoms with E-state index < -0.39 is 16.8 Å². The van der Waals surface area contributed by atoms with Crippen LogP contribution < -0.4 is 24.4 Å². The summed E-state index contributed by atoms with van der Waals surface area (Å²) < 4.78 is 21.0. The summed E-state index contributed by atoms with van der Waals surface area (Å²) in [4.78, 5) is 34.5. The average molecular weight is 479 g/mol. The minimum atomic E-state index is -0.705. The van der Waals surface area contributed by atoms with E-state index in [1.165, 1.54) is 43.7 Å². The molecule has 180 valence electrons. The van der Waals surface area contributed by atoms with Crippen molar-refractivity contribution in [3.8, 4) is 23.0 Å². The van der Waals surface area contributed by atoms with Gasteiger partial charge in [-0.15, -0.1) is 0 Å². The lowest BCUT2D eigenvalue weighted by Crippen LogP contribution is -2.24. The highest BCUT2D eigenvalue weighted by Crippen LogP contribution is 2.28. The third kappa shape index (κ3) is 7.02. The first-order valence-corrected chi connectivity index (χ1v) is 10.1. The number of hydrogen-bond acceptors (Lipinski definition) is 9. The predicted octanol–water partition coefficient (Wildman–Crippen LogP) is 3.36. The van der Waals surface area contributed by atoms with Crippen LogP contribution in [0.4, 0.5) is 5.69 Å². The summed E-state index contributed by atoms with van der Waals surface area (Å²) in [5, 5.41) is 14.6. The number of hydrazone groups is 1. The molecule has 0 spiro atoms. The van der Waals surface area contributed by atoms with Crippen LogP contribution in [0.3, 0.4) is 0 Å². The van der Waals surface area contributed by atoms with Crippen LogP contribution in [-0.2, 0) is 4.79 Å². The van der Waals surface area contributed by atoms with Crippen LogP contribution in [0.15, 0.2) is 71.8 Å². The van der Waals surface area contributed by atoms with Crippen molar-refractivity contribution in [3.05, 3.63) is 88.0 Å². The van der Waals surface area contributed by atoms with Crippen molar-refractivity contribution in [1.82, 2.24) is 5.43 Å². The monoisotopic (exact) mass is 479 g/mol. The van der Waals surface area contributed by atoms with Crippen molar-refractivity contribution in [2.24, 2.45) is 5.10 Å². The molecule has 0 bridgehead atoms. The zero-order valence-electron chi connectivity index (χ0n) is 18.8. The molecule has 3 aromatic rings. The second kappa shape index (κ2) is 11.8. The van der Waals surface area contributed by atoms with Gasteiger partial charge in [-0.1, -0.05) is 0 Å². The lowest BCUT2D eigenvalue weighted by Gasteiger charge is -2.10. The van der Waals surface area contributed by atoms with Gasteiger partial charge in [0.15, 0.2) is 18.1 Å². The Hall–Kier alpha value is -4.93. The van der Waals surface area contributed by atoms with Gasteiger partial charge in [0, 0.05) is 12.1 Å². The van der Waals surface area contributed by atoms with Crippen LogP contribution in [-0.4, -0.2) is 43.8 Å². The van der Waals surface area contributed by atoms with E-state index in [4.69, 9.17) is 18.9 Å². The maximum Gasteiger partial charge on any atom is 0.343 e. The van der Waals surface area contributed by atoms with Gasteiger partial charge < -0.3 is 18.9 Å². The number of hydrogen-bond donors (Lipinski definition) is 1. The summed E-state index contributed by atoms with van der Waals surface area (Å²) in [5.41, 5.74) is 2.92. The van der Waals surface area contributed by atoms with Crippen LogP contribution >= 0.6 is 0 Å². The summed E-state index contributed by atoms with van der Waals surface area (Å²) in [6.07, 6.45) is 1.38. The summed E-state index contributed by atoms with van der Waals surface area (Å²) in [7, 11) is 2.96. The summed E-state index contributed by atoms with van der Waals surface area (Å²) in [5.74, 6) is 0.409. The third-order valence-electron chi connectivity index (χ3n) is 4.54. The number of rotatable bonds is 10. The number of ether oxygens (including phenoxy) is 4. The molecule has 3 aromatic carbocycles. The van der Waals surface area contributed by atoms with E-state index in [0.717, 1.165) is 0 Å². The predicted molar refractivity (Wildman–Crippen MR) is 125 cm³/mol. The maximum atomic E-state index is 12.4. The molecule has 0 atom stereocenters. The Balaban J connectivity index is 1.55. The fourth-order valence-corrected chi connectivity index (χ4v) is 2.76. The Morgan fingerprint density at radius 2 is 1.63 bits per heavy atom. The number of methoxy groups -OCH3 is 2. The Kier molecular flexibility index (Phi) is 8.33. The lowest BCUT2D eigenvalue weighted by molar-refractivity contribution is -0.384. The highest BCUT2D eigenvalue weighted by Gasteiger charge is 2.14. The van der Waals surface area contributed by atoms with Crippen molar-refractivity contribution in [1.29, 1.82) is 0 Å². The molecular formula is C24H21N3O8. The molecule has 0 aliphatic rings. The van der Waals surface area contributed by atoms with E-state index >= 15 is 0 Å². The van der Waals surface area contributed by atoms with Gasteiger partial charge in [0.05, 0.1) is 30.9 Å². The van der Waals surface area contributed by atoms with Gasteiger partial charge in [-0.3, -0.25) is 14.9 Å². The number of nitro groups is 1. The van der Waals surface area contributed by atoms with Gasteiger partial charge >= 0.3 is 5.97 Å². The fourth-order valence-electron chi connectivity index (χ4n) is 2.76. The summed E-state index contributed by atoms with van der Waals surface area (Å²) >= 11 is 0. The molecule has 11 nitrogen and oxygen atoms in total. The number of benzene rings is 3. The molecule has 1 amide bonds. The van der Waals surface area contributed by atoms with Gasteiger partial charge in [-0.2, -0.15) is 5.10 Å². The number of esters is 1. The first-order chi connectivity index (χ1) is 16.9. The number of amides is 1. The SMILES string of the molecule is COc1ccc(OCC(=O)N/N=C\c2ccc(OC(=O)c3ccc([N+](=O)[O-])cc3)c(OC)c2)cc1. The van der Waals surface area contributed by atoms with Crippen molar-refractivity contribution >= 4 is 23.8 Å². The molecular weight excluding hydrogens is 458 g/mol. The first-order valence-electron chi connectivity index (χ1n) is 10.1. The quantitative estimate of drug-likeness (QED) is 0.154. The van der Waals surface area contributed by atoms with E-state index in [1.54, 1.807) is 43.5 Å². The highest BCUT2D eigenvalue weighted by molar-refractivity contribution is 5.92. The number of nitrogens with zero attached hydrogens (tertiary/aromatic N) is 2. The Morgan fingerprint density at radius 1 is 0.943 bits per heavy atom. The summed E-state index contributed by atoms with van der Waals surface area (Å²) in [6.45, 7) is -0.232. The fraction of sp³-hybridized carbons (Fsp3) is 0.125. The second-order valence-corrected chi connectivity index (χ2v) is 6.86. The number of carbonyl (C=O) groups excluding carboxylic acids is 2. The van der Waals surface area contributed by atoms with E-state index in [0.29, 0.717) is 17.1 Å². The zero-order chi connectivity index (χ0) is 25.2. The largest absolute Gasteiger partial charge is 0.497 e. The molecule has 1 N–H and O–H groups in total. The molecule has 0 aliphatic heterocycles. The van der Waals surface area contributed by atoms with E-state index in [2.05, 4.69) is 10.5 Å². The number of non-ortho nitro benzene ring substituents is 1. The average Bonchev–Trinajstić information content (AvgIpc) is 2.88. The van der Waals surface area contributed by atoms with Crippen molar-refractivity contribution < 1.29 is 33.5 Å². The molecule has 11 heteroatoms. The molecule has 0 aliphatic carbocycles.